The Hall–Kier alpha value is -1.11. The minimum absolute atomic E-state index is 0.0239. The fraction of sp³-hybridized carbons (Fsp3) is 0.500. The summed E-state index contributed by atoms with van der Waals surface area (Å²) in [5.41, 5.74) is 6.41. The fourth-order valence-corrected chi connectivity index (χ4v) is 3.52. The predicted octanol–water partition coefficient (Wildman–Crippen LogP) is 0.600. The summed E-state index contributed by atoms with van der Waals surface area (Å²) < 4.78 is 0. The van der Waals surface area contributed by atoms with Crippen LogP contribution in [0.1, 0.15) is 18.9 Å². The van der Waals surface area contributed by atoms with Crippen molar-refractivity contribution in [3.05, 3.63) is 30.1 Å². The lowest BCUT2D eigenvalue weighted by atomic mass is 10.1. The van der Waals surface area contributed by atoms with Gasteiger partial charge >= 0.3 is 0 Å². The highest BCUT2D eigenvalue weighted by Gasteiger charge is 2.42. The molecule has 1 aromatic heterocycles. The van der Waals surface area contributed by atoms with Gasteiger partial charge in [-0.05, 0) is 12.5 Å². The van der Waals surface area contributed by atoms with Gasteiger partial charge in [0.2, 0.25) is 0 Å². The Bertz CT molecular complexity index is 414. The van der Waals surface area contributed by atoms with E-state index in [1.54, 1.807) is 25.0 Å². The summed E-state index contributed by atoms with van der Waals surface area (Å²) in [5.74, 6) is 0.736. The number of hydrazine groups is 1. The number of hydrogen-bond acceptors (Lipinski definition) is 5. The highest BCUT2D eigenvalue weighted by atomic mass is 32.2. The van der Waals surface area contributed by atoms with Crippen molar-refractivity contribution < 1.29 is 4.79 Å². The number of amides is 1. The number of thioether (sulfide) groups is 1. The monoisotopic (exact) mass is 266 g/mol. The molecular formula is C12H18N4OS. The van der Waals surface area contributed by atoms with Gasteiger partial charge in [-0.15, -0.1) is 11.8 Å². The van der Waals surface area contributed by atoms with Crippen molar-refractivity contribution in [2.45, 2.75) is 24.3 Å². The number of rotatable bonds is 4. The van der Waals surface area contributed by atoms with E-state index < -0.39 is 0 Å². The molecule has 2 unspecified atom stereocenters. The van der Waals surface area contributed by atoms with E-state index in [9.17, 15) is 4.79 Å². The summed E-state index contributed by atoms with van der Waals surface area (Å²) in [4.78, 5) is 15.8. The number of nitrogens with zero attached hydrogens (tertiary/aromatic N) is 1. The molecule has 5 nitrogen and oxygen atoms in total. The van der Waals surface area contributed by atoms with E-state index >= 15 is 0 Å². The maximum Gasteiger partial charge on any atom is 0.252 e. The van der Waals surface area contributed by atoms with Crippen LogP contribution in [-0.4, -0.2) is 29.7 Å². The summed E-state index contributed by atoms with van der Waals surface area (Å²) in [6, 6.07) is 3.80. The van der Waals surface area contributed by atoms with Gasteiger partial charge in [-0.2, -0.15) is 0 Å². The molecule has 0 saturated carbocycles. The lowest BCUT2D eigenvalue weighted by molar-refractivity contribution is -0.123. The molecule has 18 heavy (non-hydrogen) atoms. The van der Waals surface area contributed by atoms with Crippen LogP contribution in [0.15, 0.2) is 24.5 Å². The van der Waals surface area contributed by atoms with Gasteiger partial charge in [0.1, 0.15) is 0 Å². The van der Waals surface area contributed by atoms with Crippen LogP contribution in [0.3, 0.4) is 0 Å². The molecular weight excluding hydrogens is 248 g/mol. The first-order valence-electron chi connectivity index (χ1n) is 6.00. The van der Waals surface area contributed by atoms with Crippen molar-refractivity contribution in [3.8, 4) is 0 Å². The van der Waals surface area contributed by atoms with E-state index in [1.807, 2.05) is 12.3 Å². The molecule has 1 fully saturated rings. The Morgan fingerprint density at radius 1 is 1.72 bits per heavy atom. The molecule has 1 amide bonds. The van der Waals surface area contributed by atoms with Crippen molar-refractivity contribution in [3.63, 3.8) is 0 Å². The van der Waals surface area contributed by atoms with E-state index in [-0.39, 0.29) is 16.8 Å². The zero-order valence-electron chi connectivity index (χ0n) is 10.6. The SMILES string of the molecule is CCC1(c2cccnc2)NC(C(=O)NNC)CS1. The molecule has 1 aromatic rings. The normalized spacial score (nSPS) is 27.1. The first-order chi connectivity index (χ1) is 8.72. The van der Waals surface area contributed by atoms with Crippen LogP contribution in [0.5, 0.6) is 0 Å². The Morgan fingerprint density at radius 3 is 3.17 bits per heavy atom. The molecule has 0 aliphatic carbocycles. The molecule has 98 valence electrons. The largest absolute Gasteiger partial charge is 0.290 e. The number of carbonyl (C=O) groups excluding carboxylic acids is 1. The van der Waals surface area contributed by atoms with E-state index in [4.69, 9.17) is 0 Å². The lowest BCUT2D eigenvalue weighted by Crippen LogP contribution is -2.50. The first kappa shape index (κ1) is 13.3. The number of pyridine rings is 1. The van der Waals surface area contributed by atoms with Gasteiger partial charge in [0, 0.05) is 30.8 Å². The first-order valence-corrected chi connectivity index (χ1v) is 6.99. The van der Waals surface area contributed by atoms with Gasteiger partial charge in [-0.1, -0.05) is 13.0 Å². The standard InChI is InChI=1S/C12H18N4OS/c1-3-12(9-5-4-6-14-7-9)15-10(8-18-12)11(17)16-13-2/h4-7,10,13,15H,3,8H2,1-2H3,(H,16,17). The molecule has 1 aliphatic heterocycles. The number of aromatic nitrogens is 1. The van der Waals surface area contributed by atoms with Crippen LogP contribution in [0.2, 0.25) is 0 Å². The van der Waals surface area contributed by atoms with Gasteiger partial charge in [-0.25, -0.2) is 5.43 Å². The van der Waals surface area contributed by atoms with Crippen molar-refractivity contribution in [2.24, 2.45) is 0 Å². The van der Waals surface area contributed by atoms with Crippen LogP contribution in [0.25, 0.3) is 0 Å². The quantitative estimate of drug-likeness (QED) is 0.697. The molecule has 0 bridgehead atoms. The van der Waals surface area contributed by atoms with E-state index in [0.717, 1.165) is 17.7 Å². The Morgan fingerprint density at radius 2 is 2.56 bits per heavy atom. The molecule has 2 rings (SSSR count). The molecule has 0 radical (unpaired) electrons. The van der Waals surface area contributed by atoms with Crippen LogP contribution < -0.4 is 16.2 Å². The average Bonchev–Trinajstić information content (AvgIpc) is 2.86. The predicted molar refractivity (Wildman–Crippen MR) is 72.8 cm³/mol. The second-order valence-corrected chi connectivity index (χ2v) is 5.49. The minimum atomic E-state index is -0.204. The van der Waals surface area contributed by atoms with E-state index in [1.165, 1.54) is 0 Å². The average molecular weight is 266 g/mol. The third kappa shape index (κ3) is 2.50. The molecule has 2 heterocycles. The summed E-state index contributed by atoms with van der Waals surface area (Å²) in [7, 11) is 1.69. The summed E-state index contributed by atoms with van der Waals surface area (Å²) >= 11 is 1.77. The van der Waals surface area contributed by atoms with Gasteiger partial charge in [0.05, 0.1) is 10.9 Å². The van der Waals surface area contributed by atoms with Gasteiger partial charge in [0.15, 0.2) is 0 Å². The Balaban J connectivity index is 2.15. The molecule has 0 aromatic carbocycles. The summed E-state index contributed by atoms with van der Waals surface area (Å²) in [5, 5.41) is 3.43. The van der Waals surface area contributed by atoms with Gasteiger partial charge < -0.3 is 0 Å². The lowest BCUT2D eigenvalue weighted by Gasteiger charge is -2.28. The van der Waals surface area contributed by atoms with Gasteiger partial charge in [-0.3, -0.25) is 20.5 Å². The van der Waals surface area contributed by atoms with Gasteiger partial charge in [0.25, 0.3) is 5.91 Å². The topological polar surface area (TPSA) is 66.0 Å². The van der Waals surface area contributed by atoms with Crippen LogP contribution in [-0.2, 0) is 9.67 Å². The highest BCUT2D eigenvalue weighted by Crippen LogP contribution is 2.41. The minimum Gasteiger partial charge on any atom is -0.290 e. The van der Waals surface area contributed by atoms with Crippen molar-refractivity contribution >= 4 is 17.7 Å². The summed E-state index contributed by atoms with van der Waals surface area (Å²) in [6.07, 6.45) is 4.53. The van der Waals surface area contributed by atoms with Crippen molar-refractivity contribution in [1.82, 2.24) is 21.2 Å². The Kier molecular flexibility index (Phi) is 4.21. The number of hydrogen-bond donors (Lipinski definition) is 3. The van der Waals surface area contributed by atoms with Crippen molar-refractivity contribution in [2.75, 3.05) is 12.8 Å². The van der Waals surface area contributed by atoms with E-state index in [0.29, 0.717) is 0 Å². The zero-order chi connectivity index (χ0) is 13.0. The third-order valence-electron chi connectivity index (χ3n) is 3.09. The van der Waals surface area contributed by atoms with E-state index in [2.05, 4.69) is 34.1 Å². The highest BCUT2D eigenvalue weighted by molar-refractivity contribution is 8.00. The molecule has 1 aliphatic rings. The third-order valence-corrected chi connectivity index (χ3v) is 4.73. The molecule has 0 spiro atoms. The Labute approximate surface area is 111 Å². The van der Waals surface area contributed by atoms with Crippen molar-refractivity contribution in [1.29, 1.82) is 0 Å². The smallest absolute Gasteiger partial charge is 0.252 e. The second kappa shape index (κ2) is 5.69. The number of nitrogens with one attached hydrogen (secondary N) is 3. The maximum atomic E-state index is 11.8. The molecule has 2 atom stereocenters. The maximum absolute atomic E-state index is 11.8. The molecule has 3 N–H and O–H groups in total. The second-order valence-electron chi connectivity index (χ2n) is 4.17. The summed E-state index contributed by atoms with van der Waals surface area (Å²) in [6.45, 7) is 2.12. The zero-order valence-corrected chi connectivity index (χ0v) is 11.4. The molecule has 1 saturated heterocycles. The van der Waals surface area contributed by atoms with Crippen LogP contribution >= 0.6 is 11.8 Å². The molecule has 6 heteroatoms. The van der Waals surface area contributed by atoms with Crippen LogP contribution in [0, 0.1) is 0 Å². The number of carbonyl (C=O) groups is 1. The fourth-order valence-electron chi connectivity index (χ4n) is 2.12. The van der Waals surface area contributed by atoms with Crippen LogP contribution in [0.4, 0.5) is 0 Å².